The Morgan fingerprint density at radius 2 is 0.443 bits per heavy atom. The molecule has 0 spiro atoms. The lowest BCUT2D eigenvalue weighted by Gasteiger charge is -2.29. The van der Waals surface area contributed by atoms with Crippen molar-refractivity contribution in [3.8, 4) is 33.4 Å². The molecule has 0 N–H and O–H groups in total. The average molecular weight is 889 g/mol. The second-order valence-corrected chi connectivity index (χ2v) is 18.5. The van der Waals surface area contributed by atoms with Crippen molar-refractivity contribution in [2.75, 3.05) is 9.80 Å². The second kappa shape index (κ2) is 16.2. The first-order chi connectivity index (χ1) is 34.7. The minimum Gasteiger partial charge on any atom is -0.311 e. The molecule has 0 aliphatic rings. The fourth-order valence-corrected chi connectivity index (χ4v) is 11.2. The zero-order chi connectivity index (χ0) is 46.1. The fourth-order valence-electron chi connectivity index (χ4n) is 11.2. The lowest BCUT2D eigenvalue weighted by atomic mass is 9.91. The second-order valence-electron chi connectivity index (χ2n) is 18.5. The van der Waals surface area contributed by atoms with Crippen LogP contribution in [0.4, 0.5) is 34.1 Å². The van der Waals surface area contributed by atoms with E-state index >= 15 is 0 Å². The topological polar surface area (TPSA) is 6.48 Å². The molecule has 0 saturated carbocycles. The smallest absolute Gasteiger partial charge is 0.0540 e. The SMILES string of the molecule is c1ccc(-c2ccc(N(c3ccc(-c4ccccc4)cc3)c3ccc(-c4ccc(N(c5ccc6ccc7cccc8ccc5c6c78)c5ccc6ccc7cccc8ccc5c6c78)cc4)cc3)cc2)cc1. The summed E-state index contributed by atoms with van der Waals surface area (Å²) in [6.45, 7) is 0. The summed E-state index contributed by atoms with van der Waals surface area (Å²) in [5.74, 6) is 0. The van der Waals surface area contributed by atoms with Crippen molar-refractivity contribution in [2.24, 2.45) is 0 Å². The van der Waals surface area contributed by atoms with Gasteiger partial charge in [0.25, 0.3) is 0 Å². The number of rotatable bonds is 9. The highest BCUT2D eigenvalue weighted by Gasteiger charge is 2.22. The summed E-state index contributed by atoms with van der Waals surface area (Å²) < 4.78 is 0. The molecule has 0 bridgehead atoms. The summed E-state index contributed by atoms with van der Waals surface area (Å²) in [7, 11) is 0. The Labute approximate surface area is 406 Å². The largest absolute Gasteiger partial charge is 0.311 e. The number of nitrogens with zero attached hydrogens (tertiary/aromatic N) is 2. The predicted octanol–water partition coefficient (Wildman–Crippen LogP) is 19.4. The van der Waals surface area contributed by atoms with Crippen LogP contribution in [0.25, 0.3) is 98.0 Å². The van der Waals surface area contributed by atoms with Gasteiger partial charge in [-0.05, 0) is 148 Å². The molecule has 0 atom stereocenters. The Bertz CT molecular complexity index is 3920. The molecular weight excluding hydrogens is 845 g/mol. The van der Waals surface area contributed by atoms with Gasteiger partial charge in [-0.2, -0.15) is 0 Å². The van der Waals surface area contributed by atoms with Gasteiger partial charge >= 0.3 is 0 Å². The maximum atomic E-state index is 2.49. The molecule has 0 unspecified atom stereocenters. The van der Waals surface area contributed by atoms with E-state index in [1.54, 1.807) is 0 Å². The fraction of sp³-hybridized carbons (Fsp3) is 0. The number of benzene rings is 14. The molecule has 0 heterocycles. The zero-order valence-electron chi connectivity index (χ0n) is 38.3. The Morgan fingerprint density at radius 3 is 0.786 bits per heavy atom. The first kappa shape index (κ1) is 39.9. The van der Waals surface area contributed by atoms with Gasteiger partial charge in [-0.1, -0.05) is 206 Å². The number of hydrogen-bond acceptors (Lipinski definition) is 2. The van der Waals surface area contributed by atoms with E-state index in [0.29, 0.717) is 0 Å². The van der Waals surface area contributed by atoms with Gasteiger partial charge in [-0.25, -0.2) is 0 Å². The highest BCUT2D eigenvalue weighted by molar-refractivity contribution is 6.28. The molecule has 0 saturated heterocycles. The van der Waals surface area contributed by atoms with E-state index in [9.17, 15) is 0 Å². The van der Waals surface area contributed by atoms with Crippen molar-refractivity contribution < 1.29 is 0 Å². The lowest BCUT2D eigenvalue weighted by molar-refractivity contribution is 1.28. The molecule has 70 heavy (non-hydrogen) atoms. The summed E-state index contributed by atoms with van der Waals surface area (Å²) >= 11 is 0. The van der Waals surface area contributed by atoms with Gasteiger partial charge in [0.15, 0.2) is 0 Å². The first-order valence-electron chi connectivity index (χ1n) is 24.2. The van der Waals surface area contributed by atoms with Crippen LogP contribution in [0.15, 0.2) is 267 Å². The van der Waals surface area contributed by atoms with E-state index in [1.807, 2.05) is 0 Å². The van der Waals surface area contributed by atoms with Crippen molar-refractivity contribution in [1.82, 2.24) is 0 Å². The highest BCUT2D eigenvalue weighted by atomic mass is 15.1. The first-order valence-corrected chi connectivity index (χ1v) is 24.2. The van der Waals surface area contributed by atoms with Gasteiger partial charge in [0.1, 0.15) is 0 Å². The van der Waals surface area contributed by atoms with Gasteiger partial charge in [-0.15, -0.1) is 0 Å². The quantitative estimate of drug-likeness (QED) is 0.133. The van der Waals surface area contributed by atoms with Crippen LogP contribution in [-0.2, 0) is 0 Å². The van der Waals surface area contributed by atoms with Crippen LogP contribution in [0.2, 0.25) is 0 Å². The van der Waals surface area contributed by atoms with Gasteiger partial charge in [0.05, 0.1) is 11.4 Å². The molecular formula is C68H44N2. The Balaban J connectivity index is 0.871. The van der Waals surface area contributed by atoms with E-state index in [2.05, 4.69) is 277 Å². The number of anilines is 6. The van der Waals surface area contributed by atoms with Crippen molar-refractivity contribution in [2.45, 2.75) is 0 Å². The molecule has 0 fully saturated rings. The molecule has 14 aromatic carbocycles. The standard InChI is InChI=1S/C68H44N2/c1-3-9-45(10-4-1)47-21-33-57(34-22-47)69(58-35-23-48(24-36-58)46-11-5-2-6-12-46)59-37-25-49(26-38-59)50-27-39-60(40-28-50)70(63-43-31-55-19-17-51-13-7-15-53-29-41-61(63)67(55)65(51)53)64-44-32-56-20-18-52-14-8-16-54-30-42-62(64)68(56)66(52)54/h1-44H. The van der Waals surface area contributed by atoms with Crippen LogP contribution in [0.5, 0.6) is 0 Å². The molecule has 0 radical (unpaired) electrons. The Morgan fingerprint density at radius 1 is 0.171 bits per heavy atom. The van der Waals surface area contributed by atoms with E-state index in [1.165, 1.54) is 86.9 Å². The van der Waals surface area contributed by atoms with Crippen LogP contribution in [0.1, 0.15) is 0 Å². The van der Waals surface area contributed by atoms with Gasteiger partial charge in [-0.3, -0.25) is 0 Å². The van der Waals surface area contributed by atoms with Gasteiger partial charge in [0.2, 0.25) is 0 Å². The van der Waals surface area contributed by atoms with Crippen LogP contribution >= 0.6 is 0 Å². The average Bonchev–Trinajstić information content (AvgIpc) is 3.44. The predicted molar refractivity (Wildman–Crippen MR) is 300 cm³/mol. The monoisotopic (exact) mass is 888 g/mol. The van der Waals surface area contributed by atoms with Crippen LogP contribution in [-0.4, -0.2) is 0 Å². The summed E-state index contributed by atoms with van der Waals surface area (Å²) in [6.07, 6.45) is 0. The van der Waals surface area contributed by atoms with Crippen LogP contribution in [0.3, 0.4) is 0 Å². The van der Waals surface area contributed by atoms with Gasteiger partial charge in [0, 0.05) is 33.5 Å². The third kappa shape index (κ3) is 6.57. The maximum Gasteiger partial charge on any atom is 0.0540 e. The molecule has 0 aliphatic carbocycles. The minimum absolute atomic E-state index is 1.09. The van der Waals surface area contributed by atoms with Crippen molar-refractivity contribution in [3.63, 3.8) is 0 Å². The van der Waals surface area contributed by atoms with Crippen LogP contribution in [0, 0.1) is 0 Å². The van der Waals surface area contributed by atoms with Gasteiger partial charge < -0.3 is 9.80 Å². The van der Waals surface area contributed by atoms with Crippen molar-refractivity contribution in [1.29, 1.82) is 0 Å². The third-order valence-electron chi connectivity index (χ3n) is 14.5. The molecule has 0 aromatic heterocycles. The molecule has 14 rings (SSSR count). The molecule has 2 heteroatoms. The van der Waals surface area contributed by atoms with Crippen molar-refractivity contribution >= 4 is 98.8 Å². The summed E-state index contributed by atoms with van der Waals surface area (Å²) in [4.78, 5) is 4.84. The van der Waals surface area contributed by atoms with Crippen molar-refractivity contribution in [3.05, 3.63) is 267 Å². The summed E-state index contributed by atoms with van der Waals surface area (Å²) in [5, 5.41) is 15.3. The Hall–Kier alpha value is -9.24. The molecule has 0 amide bonds. The van der Waals surface area contributed by atoms with E-state index in [4.69, 9.17) is 0 Å². The Kier molecular flexibility index (Phi) is 9.25. The third-order valence-corrected chi connectivity index (χ3v) is 14.5. The normalized spacial score (nSPS) is 11.7. The maximum absolute atomic E-state index is 2.49. The molecule has 0 aliphatic heterocycles. The van der Waals surface area contributed by atoms with E-state index < -0.39 is 0 Å². The van der Waals surface area contributed by atoms with Crippen LogP contribution < -0.4 is 9.80 Å². The van der Waals surface area contributed by atoms with E-state index in [-0.39, 0.29) is 0 Å². The summed E-state index contributed by atoms with van der Waals surface area (Å²) in [5.41, 5.74) is 13.8. The van der Waals surface area contributed by atoms with E-state index in [0.717, 1.165) is 45.3 Å². The highest BCUT2D eigenvalue weighted by Crippen LogP contribution is 2.48. The number of hydrogen-bond donors (Lipinski definition) is 0. The minimum atomic E-state index is 1.09. The lowest BCUT2D eigenvalue weighted by Crippen LogP contribution is -2.11. The molecule has 2 nitrogen and oxygen atoms in total. The summed E-state index contributed by atoms with van der Waals surface area (Å²) in [6, 6.07) is 98.0. The zero-order valence-corrected chi connectivity index (χ0v) is 38.3. The molecule has 14 aromatic rings. The molecule has 326 valence electrons.